The predicted octanol–water partition coefficient (Wildman–Crippen LogP) is 3.72. The van der Waals surface area contributed by atoms with Gasteiger partial charge in [0.25, 0.3) is 0 Å². The van der Waals surface area contributed by atoms with Crippen LogP contribution in [0.25, 0.3) is 16.9 Å². The van der Waals surface area contributed by atoms with Gasteiger partial charge in [-0.05, 0) is 12.1 Å². The third-order valence-electron chi connectivity index (χ3n) is 3.14. The van der Waals surface area contributed by atoms with Crippen molar-refractivity contribution in [2.24, 2.45) is 0 Å². The van der Waals surface area contributed by atoms with Gasteiger partial charge in [-0.25, -0.2) is 9.78 Å². The predicted molar refractivity (Wildman–Crippen MR) is 77.0 cm³/mol. The number of ether oxygens (including phenoxy) is 1. The highest BCUT2D eigenvalue weighted by Crippen LogP contribution is 2.25. The highest BCUT2D eigenvalue weighted by atomic mass is 19.4. The van der Waals surface area contributed by atoms with Gasteiger partial charge >= 0.3 is 12.1 Å². The normalized spacial score (nSPS) is 11.6. The Balaban J connectivity index is 2.08. The van der Waals surface area contributed by atoms with E-state index in [9.17, 15) is 18.0 Å². The van der Waals surface area contributed by atoms with Crippen molar-refractivity contribution >= 4 is 11.6 Å². The van der Waals surface area contributed by atoms with Crippen LogP contribution in [0, 0.1) is 0 Å². The van der Waals surface area contributed by atoms with E-state index in [2.05, 4.69) is 9.72 Å². The molecule has 0 aliphatic rings. The number of pyridine rings is 1. The van der Waals surface area contributed by atoms with Gasteiger partial charge in [-0.2, -0.15) is 13.2 Å². The average Bonchev–Trinajstić information content (AvgIpc) is 2.92. The zero-order chi connectivity index (χ0) is 16.4. The number of rotatable bonds is 3. The molecule has 0 saturated heterocycles. The van der Waals surface area contributed by atoms with Gasteiger partial charge in [0.1, 0.15) is 11.3 Å². The quantitative estimate of drug-likeness (QED) is 0.691. The number of esters is 1. The van der Waals surface area contributed by atoms with Gasteiger partial charge in [-0.1, -0.05) is 36.4 Å². The fourth-order valence-electron chi connectivity index (χ4n) is 2.20. The highest BCUT2D eigenvalue weighted by Gasteiger charge is 2.31. The number of aromatic nitrogens is 2. The summed E-state index contributed by atoms with van der Waals surface area (Å²) < 4.78 is 42.7. The molecule has 2 heterocycles. The van der Waals surface area contributed by atoms with Crippen molar-refractivity contribution in [3.05, 3.63) is 60.4 Å². The third kappa shape index (κ3) is 3.18. The number of carbonyl (C=O) groups excluding carboxylic acids is 1. The first kappa shape index (κ1) is 15.1. The molecule has 118 valence electrons. The van der Waals surface area contributed by atoms with Crippen LogP contribution < -0.4 is 0 Å². The van der Waals surface area contributed by atoms with Crippen molar-refractivity contribution in [2.75, 3.05) is 6.61 Å². The van der Waals surface area contributed by atoms with E-state index in [4.69, 9.17) is 0 Å². The van der Waals surface area contributed by atoms with E-state index in [0.29, 0.717) is 11.2 Å². The number of imidazole rings is 1. The van der Waals surface area contributed by atoms with Crippen LogP contribution in [0.1, 0.15) is 10.5 Å². The van der Waals surface area contributed by atoms with Gasteiger partial charge in [0, 0.05) is 11.8 Å². The first-order chi connectivity index (χ1) is 11.0. The summed E-state index contributed by atoms with van der Waals surface area (Å²) >= 11 is 0. The Hall–Kier alpha value is -2.83. The summed E-state index contributed by atoms with van der Waals surface area (Å²) in [5.41, 5.74) is 1.32. The Morgan fingerprint density at radius 3 is 2.48 bits per heavy atom. The molecule has 23 heavy (non-hydrogen) atoms. The molecule has 0 N–H and O–H groups in total. The van der Waals surface area contributed by atoms with Crippen LogP contribution in [0.5, 0.6) is 0 Å². The number of benzene rings is 1. The number of halogens is 3. The molecule has 0 aliphatic heterocycles. The molecule has 0 unspecified atom stereocenters. The number of nitrogens with zero attached hydrogens (tertiary/aromatic N) is 2. The molecular weight excluding hydrogens is 309 g/mol. The zero-order valence-electron chi connectivity index (χ0n) is 11.7. The van der Waals surface area contributed by atoms with Crippen LogP contribution in [0.2, 0.25) is 0 Å². The molecule has 3 rings (SSSR count). The Kier molecular flexibility index (Phi) is 3.77. The van der Waals surface area contributed by atoms with Crippen LogP contribution >= 0.6 is 0 Å². The summed E-state index contributed by atoms with van der Waals surface area (Å²) in [5, 5.41) is 0. The molecule has 0 atom stereocenters. The Labute approximate surface area is 129 Å². The second kappa shape index (κ2) is 5.75. The lowest BCUT2D eigenvalue weighted by Gasteiger charge is -2.09. The molecule has 0 amide bonds. The van der Waals surface area contributed by atoms with Crippen LogP contribution in [0.3, 0.4) is 0 Å². The lowest BCUT2D eigenvalue weighted by molar-refractivity contribution is -0.161. The van der Waals surface area contributed by atoms with E-state index in [-0.39, 0.29) is 11.4 Å². The van der Waals surface area contributed by atoms with E-state index < -0.39 is 18.8 Å². The minimum absolute atomic E-state index is 0.0314. The summed E-state index contributed by atoms with van der Waals surface area (Å²) in [5.74, 6) is -1.07. The summed E-state index contributed by atoms with van der Waals surface area (Å²) in [4.78, 5) is 16.5. The van der Waals surface area contributed by atoms with Gasteiger partial charge in [0.2, 0.25) is 0 Å². The number of hydrogen-bond donors (Lipinski definition) is 0. The SMILES string of the molecule is O=C(OCC(F)(F)F)c1c(-c2ccccc2)nc2ccccn12. The van der Waals surface area contributed by atoms with Crippen LogP contribution in [-0.4, -0.2) is 28.1 Å². The monoisotopic (exact) mass is 320 g/mol. The molecule has 4 nitrogen and oxygen atoms in total. The smallest absolute Gasteiger partial charge is 0.422 e. The number of hydrogen-bond acceptors (Lipinski definition) is 3. The molecule has 0 bridgehead atoms. The highest BCUT2D eigenvalue weighted by molar-refractivity contribution is 5.96. The molecule has 0 fully saturated rings. The van der Waals surface area contributed by atoms with Gasteiger partial charge in [-0.3, -0.25) is 4.40 Å². The van der Waals surface area contributed by atoms with Crippen LogP contribution in [-0.2, 0) is 4.74 Å². The minimum atomic E-state index is -4.58. The van der Waals surface area contributed by atoms with Gasteiger partial charge in [0.05, 0.1) is 0 Å². The standard InChI is InChI=1S/C16H11F3N2O2/c17-16(18,19)10-23-15(22)14-13(11-6-2-1-3-7-11)20-12-8-4-5-9-21(12)14/h1-9H,10H2. The molecule has 7 heteroatoms. The fourth-order valence-corrected chi connectivity index (χ4v) is 2.20. The van der Waals surface area contributed by atoms with Crippen molar-refractivity contribution in [1.29, 1.82) is 0 Å². The first-order valence-corrected chi connectivity index (χ1v) is 6.72. The zero-order valence-corrected chi connectivity index (χ0v) is 11.7. The lowest BCUT2D eigenvalue weighted by Crippen LogP contribution is -2.21. The average molecular weight is 320 g/mol. The maximum atomic E-state index is 12.3. The van der Waals surface area contributed by atoms with Crippen molar-refractivity contribution < 1.29 is 22.7 Å². The second-order valence-electron chi connectivity index (χ2n) is 4.80. The van der Waals surface area contributed by atoms with Crippen molar-refractivity contribution in [3.8, 4) is 11.3 Å². The Morgan fingerprint density at radius 2 is 1.78 bits per heavy atom. The van der Waals surface area contributed by atoms with E-state index >= 15 is 0 Å². The fraction of sp³-hybridized carbons (Fsp3) is 0.125. The number of alkyl halides is 3. The summed E-state index contributed by atoms with van der Waals surface area (Å²) in [7, 11) is 0. The largest absolute Gasteiger partial charge is 0.451 e. The molecule has 0 aliphatic carbocycles. The Bertz CT molecular complexity index is 841. The second-order valence-corrected chi connectivity index (χ2v) is 4.80. The van der Waals surface area contributed by atoms with E-state index in [1.165, 1.54) is 4.40 Å². The van der Waals surface area contributed by atoms with E-state index in [1.807, 2.05) is 0 Å². The van der Waals surface area contributed by atoms with Crippen LogP contribution in [0.4, 0.5) is 13.2 Å². The maximum absolute atomic E-state index is 12.3. The summed E-state index contributed by atoms with van der Waals surface area (Å²) in [6.07, 6.45) is -3.03. The minimum Gasteiger partial charge on any atom is -0.451 e. The topological polar surface area (TPSA) is 43.6 Å². The molecular formula is C16H11F3N2O2. The van der Waals surface area contributed by atoms with E-state index in [0.717, 1.165) is 0 Å². The van der Waals surface area contributed by atoms with Gasteiger partial charge < -0.3 is 4.74 Å². The number of fused-ring (bicyclic) bond motifs is 1. The number of carbonyl (C=O) groups is 1. The molecule has 3 aromatic rings. The molecule has 0 spiro atoms. The summed E-state index contributed by atoms with van der Waals surface area (Å²) in [6, 6.07) is 13.8. The first-order valence-electron chi connectivity index (χ1n) is 6.72. The van der Waals surface area contributed by atoms with Crippen LogP contribution in [0.15, 0.2) is 54.7 Å². The Morgan fingerprint density at radius 1 is 1.09 bits per heavy atom. The van der Waals surface area contributed by atoms with Gasteiger partial charge in [0.15, 0.2) is 12.3 Å². The maximum Gasteiger partial charge on any atom is 0.422 e. The molecule has 2 aromatic heterocycles. The molecule has 0 saturated carbocycles. The van der Waals surface area contributed by atoms with Crippen molar-refractivity contribution in [2.45, 2.75) is 6.18 Å². The molecule has 0 radical (unpaired) electrons. The van der Waals surface area contributed by atoms with Gasteiger partial charge in [-0.15, -0.1) is 0 Å². The van der Waals surface area contributed by atoms with Crippen molar-refractivity contribution in [3.63, 3.8) is 0 Å². The lowest BCUT2D eigenvalue weighted by atomic mass is 10.1. The van der Waals surface area contributed by atoms with E-state index in [1.54, 1.807) is 54.7 Å². The molecule has 1 aromatic carbocycles. The summed E-state index contributed by atoms with van der Waals surface area (Å²) in [6.45, 7) is -1.64. The van der Waals surface area contributed by atoms with Crippen molar-refractivity contribution in [1.82, 2.24) is 9.38 Å². The third-order valence-corrected chi connectivity index (χ3v) is 3.14.